The number of methoxy groups -OCH3 is 4. The number of ether oxygens (including phenoxy) is 4. The molecule has 2 atom stereocenters. The summed E-state index contributed by atoms with van der Waals surface area (Å²) in [5, 5.41) is 1.72. The van der Waals surface area contributed by atoms with Gasteiger partial charge < -0.3 is 18.9 Å². The average Bonchev–Trinajstić information content (AvgIpc) is 2.53. The van der Waals surface area contributed by atoms with Crippen LogP contribution < -0.4 is 29.6 Å². The Labute approximate surface area is 278 Å². The summed E-state index contributed by atoms with van der Waals surface area (Å²) in [4.78, 5) is 8.65. The van der Waals surface area contributed by atoms with Crippen molar-refractivity contribution in [2.45, 2.75) is 0 Å². The molecule has 0 aromatic carbocycles. The zero-order valence-corrected chi connectivity index (χ0v) is 19.4. The zero-order chi connectivity index (χ0) is 16.3. The van der Waals surface area contributed by atoms with Crippen molar-refractivity contribution in [3.63, 3.8) is 0 Å². The van der Waals surface area contributed by atoms with Gasteiger partial charge in [-0.15, -0.1) is 18.5 Å². The summed E-state index contributed by atoms with van der Waals surface area (Å²) in [6, 6.07) is 3.60. The molecule has 2 aromatic heterocycles. The Kier molecular flexibility index (Phi) is 22.3. The molecule has 0 radical (unpaired) electrons. The first-order valence-corrected chi connectivity index (χ1v) is 7.48. The average molecular weight is 500 g/mol. The summed E-state index contributed by atoms with van der Waals surface area (Å²) in [5.41, 5.74) is 1.54. The van der Waals surface area contributed by atoms with Crippen LogP contribution in [0.15, 0.2) is 12.1 Å². The minimum Gasteiger partial charge on any atom is -0.481 e. The molecule has 0 aliphatic heterocycles. The van der Waals surface area contributed by atoms with Crippen LogP contribution in [-0.2, 0) is 0 Å². The maximum absolute atomic E-state index is 5.41. The molecular formula is C14H18Ar4N2O4P2. The summed E-state index contributed by atoms with van der Waals surface area (Å²) in [5.74, 6) is 1.80. The van der Waals surface area contributed by atoms with Crippen molar-refractivity contribution in [1.82, 2.24) is 9.97 Å². The van der Waals surface area contributed by atoms with Gasteiger partial charge in [0, 0.05) is 163 Å². The van der Waals surface area contributed by atoms with Crippen LogP contribution in [0, 0.1) is 151 Å². The van der Waals surface area contributed by atoms with E-state index in [1.54, 1.807) is 40.6 Å². The van der Waals surface area contributed by atoms with Gasteiger partial charge in [-0.2, -0.15) is 9.97 Å². The van der Waals surface area contributed by atoms with Crippen molar-refractivity contribution in [3.8, 4) is 34.6 Å². The molecule has 2 heterocycles. The molecule has 2 rings (SSSR count). The van der Waals surface area contributed by atoms with Crippen LogP contribution in [0.5, 0.6) is 23.5 Å². The van der Waals surface area contributed by atoms with Crippen LogP contribution in [0.2, 0.25) is 0 Å². The number of rotatable bonds is 5. The number of hydrogen-bond acceptors (Lipinski definition) is 6. The normalized spacial score (nSPS) is 8.69. The van der Waals surface area contributed by atoms with E-state index in [4.69, 9.17) is 18.9 Å². The van der Waals surface area contributed by atoms with E-state index in [0.717, 1.165) is 21.7 Å². The predicted octanol–water partition coefficient (Wildman–Crippen LogP) is 1.18. The molecule has 0 aliphatic carbocycles. The van der Waals surface area contributed by atoms with Crippen LogP contribution in [-0.4, -0.2) is 38.4 Å². The standard InChI is InChI=1S/C14H18N2O4P2.4Ar/c1-17-9-5-7(21)11(13(15-9)19-3)12-8(22)6-10(18-2)16-14(12)20-4;;;;/h5-6H,21-22H2,1-4H3;;;;. The van der Waals surface area contributed by atoms with Crippen LogP contribution in [0.1, 0.15) is 0 Å². The van der Waals surface area contributed by atoms with E-state index in [1.807, 2.05) is 0 Å². The quantitative estimate of drug-likeness (QED) is 0.576. The Morgan fingerprint density at radius 3 is 1.15 bits per heavy atom. The molecule has 150 valence electrons. The third-order valence-electron chi connectivity index (χ3n) is 3.04. The molecule has 0 amide bonds. The summed E-state index contributed by atoms with van der Waals surface area (Å²) in [6.07, 6.45) is 0. The van der Waals surface area contributed by atoms with Crippen LogP contribution in [0.4, 0.5) is 0 Å². The molecular weight excluding hydrogens is 482 g/mol. The van der Waals surface area contributed by atoms with Crippen LogP contribution in [0.3, 0.4) is 0 Å². The van der Waals surface area contributed by atoms with Gasteiger partial charge in [0.1, 0.15) is 0 Å². The Morgan fingerprint density at radius 1 is 0.615 bits per heavy atom. The molecule has 0 saturated carbocycles. The molecule has 0 spiro atoms. The van der Waals surface area contributed by atoms with Crippen LogP contribution in [0.25, 0.3) is 11.1 Å². The van der Waals surface area contributed by atoms with E-state index in [0.29, 0.717) is 23.5 Å². The zero-order valence-electron chi connectivity index (χ0n) is 14.3. The third-order valence-corrected chi connectivity index (χ3v) is 3.95. The summed E-state index contributed by atoms with van der Waals surface area (Å²) >= 11 is 0. The smallest absolute Gasteiger partial charge is 0.225 e. The first-order chi connectivity index (χ1) is 10.5. The van der Waals surface area contributed by atoms with Gasteiger partial charge >= 0.3 is 0 Å². The maximum Gasteiger partial charge on any atom is 0.225 e. The maximum atomic E-state index is 5.41. The van der Waals surface area contributed by atoms with Gasteiger partial charge in [0.2, 0.25) is 23.5 Å². The molecule has 12 heteroatoms. The topological polar surface area (TPSA) is 62.7 Å². The molecule has 26 heavy (non-hydrogen) atoms. The Balaban J connectivity index is -0.00000132. The second-order valence-electron chi connectivity index (χ2n) is 4.28. The fraction of sp³-hybridized carbons (Fsp3) is 0.286. The van der Waals surface area contributed by atoms with E-state index >= 15 is 0 Å². The first-order valence-electron chi connectivity index (χ1n) is 6.33. The number of pyridine rings is 2. The van der Waals surface area contributed by atoms with E-state index in [1.165, 1.54) is 0 Å². The Morgan fingerprint density at radius 2 is 0.923 bits per heavy atom. The number of aromatic nitrogens is 2. The summed E-state index contributed by atoms with van der Waals surface area (Å²) in [7, 11) is 11.5. The minimum absolute atomic E-state index is 0. The predicted molar refractivity (Wildman–Crippen MR) is 92.4 cm³/mol. The minimum atomic E-state index is 0. The van der Waals surface area contributed by atoms with Gasteiger partial charge in [-0.05, 0) is 10.6 Å². The fourth-order valence-electron chi connectivity index (χ4n) is 2.04. The van der Waals surface area contributed by atoms with E-state index in [9.17, 15) is 0 Å². The van der Waals surface area contributed by atoms with Crippen molar-refractivity contribution in [3.05, 3.63) is 12.1 Å². The van der Waals surface area contributed by atoms with Gasteiger partial charge in [-0.3, -0.25) is 0 Å². The molecule has 0 saturated heterocycles. The van der Waals surface area contributed by atoms with E-state index in [2.05, 4.69) is 28.4 Å². The molecule has 6 nitrogen and oxygen atoms in total. The molecule has 2 unspecified atom stereocenters. The van der Waals surface area contributed by atoms with E-state index < -0.39 is 0 Å². The Hall–Kier alpha value is 3.40. The number of hydrogen-bond donors (Lipinski definition) is 0. The SMILES string of the molecule is COc1cc(P)c(-c2c(P)cc(OC)nc2OC)c(OC)n1.[Ar].[Ar].[Ar].[Ar]. The molecule has 0 N–H and O–H groups in total. The number of nitrogens with zero attached hydrogens (tertiary/aromatic N) is 2. The van der Waals surface area contributed by atoms with Crippen molar-refractivity contribution >= 4 is 29.1 Å². The first kappa shape index (κ1) is 34.0. The van der Waals surface area contributed by atoms with Crippen LogP contribution >= 0.6 is 18.5 Å². The summed E-state index contributed by atoms with van der Waals surface area (Å²) < 4.78 is 21.2. The van der Waals surface area contributed by atoms with E-state index in [-0.39, 0.29) is 151 Å². The van der Waals surface area contributed by atoms with Gasteiger partial charge in [0.25, 0.3) is 0 Å². The molecule has 2 aromatic rings. The third kappa shape index (κ3) is 8.50. The second kappa shape index (κ2) is 17.0. The van der Waals surface area contributed by atoms with Crippen molar-refractivity contribution in [2.24, 2.45) is 0 Å². The van der Waals surface area contributed by atoms with Gasteiger partial charge in [0.05, 0.1) is 39.6 Å². The molecule has 0 bridgehead atoms. The fourth-order valence-corrected chi connectivity index (χ4v) is 2.86. The van der Waals surface area contributed by atoms with Gasteiger partial charge in [-0.25, -0.2) is 0 Å². The monoisotopic (exact) mass is 500 g/mol. The van der Waals surface area contributed by atoms with Crippen molar-refractivity contribution in [2.75, 3.05) is 28.4 Å². The summed E-state index contributed by atoms with van der Waals surface area (Å²) in [6.45, 7) is 0. The van der Waals surface area contributed by atoms with Crippen molar-refractivity contribution in [1.29, 1.82) is 0 Å². The van der Waals surface area contributed by atoms with Crippen molar-refractivity contribution < 1.29 is 170 Å². The second-order valence-corrected chi connectivity index (χ2v) is 5.52. The molecule has 0 aliphatic rings. The molecule has 0 fully saturated rings. The Bertz CT molecular complexity index is 652. The van der Waals surface area contributed by atoms with Gasteiger partial charge in [-0.1, -0.05) is 0 Å². The van der Waals surface area contributed by atoms with Gasteiger partial charge in [0.15, 0.2) is 0 Å². The largest absolute Gasteiger partial charge is 0.481 e.